The van der Waals surface area contributed by atoms with E-state index >= 15 is 0 Å². The minimum atomic E-state index is -4.11. The fraction of sp³-hybridized carbons (Fsp3) is 0.176. The van der Waals surface area contributed by atoms with Crippen LogP contribution in [0.15, 0.2) is 57.4 Å². The number of hydrogen-bond acceptors (Lipinski definition) is 6. The Morgan fingerprint density at radius 3 is 2.69 bits per heavy atom. The molecule has 0 fully saturated rings. The summed E-state index contributed by atoms with van der Waals surface area (Å²) in [4.78, 5) is 0.281. The number of hydrogen-bond donors (Lipinski definition) is 2. The SMILES string of the molecule is COc1ccc(F)cc1S(=O)(=O)NCC(O)(c1ccsc1)c1cccs1. The lowest BCUT2D eigenvalue weighted by atomic mass is 9.95. The van der Waals surface area contributed by atoms with Gasteiger partial charge in [0.25, 0.3) is 0 Å². The van der Waals surface area contributed by atoms with Crippen LogP contribution in [0.3, 0.4) is 0 Å². The van der Waals surface area contributed by atoms with Gasteiger partial charge in [0.15, 0.2) is 0 Å². The molecule has 3 rings (SSSR count). The molecule has 2 heterocycles. The van der Waals surface area contributed by atoms with Gasteiger partial charge in [0.2, 0.25) is 10.0 Å². The summed E-state index contributed by atoms with van der Waals surface area (Å²) in [7, 11) is -2.80. The second-order valence-electron chi connectivity index (χ2n) is 5.47. The predicted molar refractivity (Wildman–Crippen MR) is 99.8 cm³/mol. The second kappa shape index (κ2) is 7.45. The summed E-state index contributed by atoms with van der Waals surface area (Å²) in [5.74, 6) is -0.674. The van der Waals surface area contributed by atoms with Crippen molar-refractivity contribution < 1.29 is 22.7 Å². The number of nitrogens with one attached hydrogen (secondary N) is 1. The third kappa shape index (κ3) is 3.67. The topological polar surface area (TPSA) is 75.6 Å². The van der Waals surface area contributed by atoms with Gasteiger partial charge in [0, 0.05) is 17.0 Å². The van der Waals surface area contributed by atoms with Crippen molar-refractivity contribution in [1.29, 1.82) is 0 Å². The summed E-state index contributed by atoms with van der Waals surface area (Å²) in [6, 6.07) is 8.50. The van der Waals surface area contributed by atoms with Crippen LogP contribution in [-0.2, 0) is 15.6 Å². The number of benzene rings is 1. The Kier molecular flexibility index (Phi) is 5.44. The first-order valence-electron chi connectivity index (χ1n) is 7.49. The van der Waals surface area contributed by atoms with Crippen LogP contribution >= 0.6 is 22.7 Å². The number of ether oxygens (including phenoxy) is 1. The van der Waals surface area contributed by atoms with Crippen LogP contribution in [0.4, 0.5) is 4.39 Å². The maximum Gasteiger partial charge on any atom is 0.244 e. The van der Waals surface area contributed by atoms with Crippen molar-refractivity contribution >= 4 is 32.7 Å². The van der Waals surface area contributed by atoms with Crippen molar-refractivity contribution in [1.82, 2.24) is 4.72 Å². The molecule has 0 aliphatic rings. The summed E-state index contributed by atoms with van der Waals surface area (Å²) in [6.45, 7) is -0.299. The van der Waals surface area contributed by atoms with E-state index in [9.17, 15) is 17.9 Å². The van der Waals surface area contributed by atoms with Gasteiger partial charge >= 0.3 is 0 Å². The summed E-state index contributed by atoms with van der Waals surface area (Å²) in [5, 5.41) is 16.6. The van der Waals surface area contributed by atoms with Gasteiger partial charge in [0.1, 0.15) is 22.1 Å². The highest BCUT2D eigenvalue weighted by atomic mass is 32.2. The Morgan fingerprint density at radius 1 is 1.27 bits per heavy atom. The van der Waals surface area contributed by atoms with Crippen LogP contribution in [0, 0.1) is 5.82 Å². The molecule has 5 nitrogen and oxygen atoms in total. The smallest absolute Gasteiger partial charge is 0.244 e. The molecule has 26 heavy (non-hydrogen) atoms. The molecule has 0 saturated carbocycles. The highest BCUT2D eigenvalue weighted by molar-refractivity contribution is 7.89. The van der Waals surface area contributed by atoms with Crippen molar-refractivity contribution in [2.75, 3.05) is 13.7 Å². The van der Waals surface area contributed by atoms with Gasteiger partial charge in [-0.25, -0.2) is 17.5 Å². The van der Waals surface area contributed by atoms with E-state index in [4.69, 9.17) is 4.74 Å². The van der Waals surface area contributed by atoms with Gasteiger partial charge in [-0.1, -0.05) is 6.07 Å². The highest BCUT2D eigenvalue weighted by Crippen LogP contribution is 2.34. The second-order valence-corrected chi connectivity index (χ2v) is 8.93. The van der Waals surface area contributed by atoms with E-state index in [1.54, 1.807) is 34.3 Å². The van der Waals surface area contributed by atoms with E-state index in [0.717, 1.165) is 12.1 Å². The number of methoxy groups -OCH3 is 1. The maximum atomic E-state index is 13.5. The van der Waals surface area contributed by atoms with E-state index in [2.05, 4.69) is 4.72 Å². The monoisotopic (exact) mass is 413 g/mol. The van der Waals surface area contributed by atoms with E-state index in [1.165, 1.54) is 35.8 Å². The quantitative estimate of drug-likeness (QED) is 0.624. The van der Waals surface area contributed by atoms with Crippen molar-refractivity contribution in [3.8, 4) is 5.75 Å². The third-order valence-corrected chi connectivity index (χ3v) is 6.99. The minimum absolute atomic E-state index is 0.0223. The van der Waals surface area contributed by atoms with Crippen LogP contribution in [0.1, 0.15) is 10.4 Å². The van der Waals surface area contributed by atoms with Crippen molar-refractivity contribution in [3.63, 3.8) is 0 Å². The first-order valence-corrected chi connectivity index (χ1v) is 10.8. The van der Waals surface area contributed by atoms with Crippen LogP contribution in [0.25, 0.3) is 0 Å². The zero-order chi connectivity index (χ0) is 18.8. The molecular weight excluding hydrogens is 397 g/mol. The predicted octanol–water partition coefficient (Wildman–Crippen LogP) is 3.17. The molecule has 1 atom stereocenters. The fourth-order valence-electron chi connectivity index (χ4n) is 2.48. The average Bonchev–Trinajstić information content (AvgIpc) is 3.33. The normalized spacial score (nSPS) is 14.1. The lowest BCUT2D eigenvalue weighted by molar-refractivity contribution is 0.0903. The first kappa shape index (κ1) is 19.0. The highest BCUT2D eigenvalue weighted by Gasteiger charge is 2.35. The van der Waals surface area contributed by atoms with Gasteiger partial charge in [-0.2, -0.15) is 11.3 Å². The van der Waals surface area contributed by atoms with E-state index in [0.29, 0.717) is 10.4 Å². The van der Waals surface area contributed by atoms with E-state index in [1.807, 2.05) is 0 Å². The largest absolute Gasteiger partial charge is 0.495 e. The molecule has 0 radical (unpaired) electrons. The molecular formula is C17H16FNO4S3. The van der Waals surface area contributed by atoms with Gasteiger partial charge in [-0.15, -0.1) is 11.3 Å². The number of sulfonamides is 1. The Morgan fingerprint density at radius 2 is 2.08 bits per heavy atom. The van der Waals surface area contributed by atoms with Crippen molar-refractivity contribution in [2.24, 2.45) is 0 Å². The van der Waals surface area contributed by atoms with Gasteiger partial charge in [0.05, 0.1) is 7.11 Å². The number of thiophene rings is 2. The molecule has 0 bridgehead atoms. The third-order valence-electron chi connectivity index (χ3n) is 3.86. The van der Waals surface area contributed by atoms with Crippen molar-refractivity contribution in [3.05, 3.63) is 68.8 Å². The molecule has 0 aliphatic heterocycles. The Labute approximate surface area is 158 Å². The average molecular weight is 414 g/mol. The van der Waals surface area contributed by atoms with Gasteiger partial charge in [-0.3, -0.25) is 0 Å². The van der Waals surface area contributed by atoms with Crippen LogP contribution in [-0.4, -0.2) is 27.2 Å². The fourth-order valence-corrected chi connectivity index (χ4v) is 5.29. The molecule has 1 unspecified atom stereocenters. The van der Waals surface area contributed by atoms with Gasteiger partial charge < -0.3 is 9.84 Å². The van der Waals surface area contributed by atoms with Gasteiger partial charge in [-0.05, 0) is 46.5 Å². The Bertz CT molecular complexity index is 935. The zero-order valence-corrected chi connectivity index (χ0v) is 16.1. The molecule has 138 valence electrons. The molecule has 3 aromatic rings. The molecule has 0 aliphatic carbocycles. The van der Waals surface area contributed by atoms with Crippen LogP contribution in [0.2, 0.25) is 0 Å². The minimum Gasteiger partial charge on any atom is -0.495 e. The van der Waals surface area contributed by atoms with Crippen LogP contribution in [0.5, 0.6) is 5.75 Å². The van der Waals surface area contributed by atoms with E-state index < -0.39 is 21.4 Å². The summed E-state index contributed by atoms with van der Waals surface area (Å²) in [6.07, 6.45) is 0. The molecule has 2 aromatic heterocycles. The summed E-state index contributed by atoms with van der Waals surface area (Å²) in [5.41, 5.74) is -0.944. The molecule has 0 amide bonds. The number of rotatable bonds is 7. The maximum absolute atomic E-state index is 13.5. The Balaban J connectivity index is 1.94. The summed E-state index contributed by atoms with van der Waals surface area (Å²) >= 11 is 2.72. The molecule has 9 heteroatoms. The van der Waals surface area contributed by atoms with E-state index in [-0.39, 0.29) is 17.2 Å². The lowest BCUT2D eigenvalue weighted by Crippen LogP contribution is -2.41. The molecule has 0 spiro atoms. The molecule has 2 N–H and O–H groups in total. The Hall–Kier alpha value is -1.78. The standard InChI is InChI=1S/C17H16FNO4S3/c1-23-14-5-4-13(18)9-15(14)26(21,22)19-11-17(20,12-6-8-24-10-12)16-3-2-7-25-16/h2-10,19-20H,11H2,1H3. The molecule has 0 saturated heterocycles. The first-order chi connectivity index (χ1) is 12.4. The summed E-state index contributed by atoms with van der Waals surface area (Å²) < 4.78 is 46.3. The number of halogens is 1. The lowest BCUT2D eigenvalue weighted by Gasteiger charge is -2.27. The van der Waals surface area contributed by atoms with Crippen LogP contribution < -0.4 is 9.46 Å². The zero-order valence-electron chi connectivity index (χ0n) is 13.7. The molecule has 1 aromatic carbocycles. The number of aliphatic hydroxyl groups is 1. The van der Waals surface area contributed by atoms with Crippen molar-refractivity contribution in [2.45, 2.75) is 10.5 Å².